The van der Waals surface area contributed by atoms with E-state index in [1.807, 2.05) is 0 Å². The Labute approximate surface area is 115 Å². The lowest BCUT2D eigenvalue weighted by molar-refractivity contribution is -0.142. The van der Waals surface area contributed by atoms with Gasteiger partial charge in [-0.25, -0.2) is 4.79 Å². The highest BCUT2D eigenvalue weighted by molar-refractivity contribution is 6.30. The van der Waals surface area contributed by atoms with Crippen LogP contribution in [0.4, 0.5) is 0 Å². The van der Waals surface area contributed by atoms with Gasteiger partial charge in [0.2, 0.25) is 0 Å². The highest BCUT2D eigenvalue weighted by Gasteiger charge is 2.18. The van der Waals surface area contributed by atoms with Gasteiger partial charge >= 0.3 is 5.97 Å². The minimum Gasteiger partial charge on any atom is -0.484 e. The molecule has 5 nitrogen and oxygen atoms in total. The first-order chi connectivity index (χ1) is 9.02. The molecule has 0 fully saturated rings. The molecular formula is C13H14ClNO4. The summed E-state index contributed by atoms with van der Waals surface area (Å²) in [6.45, 7) is 3.17. The number of hydrogen-bond acceptors (Lipinski definition) is 3. The van der Waals surface area contributed by atoms with Crippen LogP contribution in [0.15, 0.2) is 36.9 Å². The Morgan fingerprint density at radius 1 is 1.42 bits per heavy atom. The minimum absolute atomic E-state index is 0.155. The van der Waals surface area contributed by atoms with E-state index in [0.717, 1.165) is 0 Å². The molecule has 0 radical (unpaired) electrons. The van der Waals surface area contributed by atoms with Crippen LogP contribution in [0.2, 0.25) is 5.02 Å². The van der Waals surface area contributed by atoms with Crippen LogP contribution in [-0.2, 0) is 9.59 Å². The van der Waals surface area contributed by atoms with Gasteiger partial charge in [-0.05, 0) is 30.7 Å². The SMILES string of the molecule is C=CCC(NC(=O)COc1ccc(Cl)cc1)C(=O)O. The van der Waals surface area contributed by atoms with E-state index in [2.05, 4.69) is 11.9 Å². The summed E-state index contributed by atoms with van der Waals surface area (Å²) < 4.78 is 5.19. The number of halogens is 1. The second-order valence-corrected chi connectivity index (χ2v) is 4.16. The maximum atomic E-state index is 11.5. The molecule has 0 aliphatic heterocycles. The molecule has 6 heteroatoms. The molecule has 0 aliphatic carbocycles. The third-order valence-electron chi connectivity index (χ3n) is 2.22. The zero-order valence-corrected chi connectivity index (χ0v) is 10.9. The van der Waals surface area contributed by atoms with Gasteiger partial charge < -0.3 is 15.2 Å². The van der Waals surface area contributed by atoms with Crippen molar-refractivity contribution < 1.29 is 19.4 Å². The minimum atomic E-state index is -1.11. The Kier molecular flexibility index (Phi) is 5.89. The van der Waals surface area contributed by atoms with Gasteiger partial charge in [0.1, 0.15) is 11.8 Å². The van der Waals surface area contributed by atoms with Crippen molar-refractivity contribution in [1.29, 1.82) is 0 Å². The normalized spacial score (nSPS) is 11.4. The van der Waals surface area contributed by atoms with E-state index in [-0.39, 0.29) is 13.0 Å². The number of amides is 1. The number of rotatable bonds is 7. The van der Waals surface area contributed by atoms with Crippen molar-refractivity contribution in [1.82, 2.24) is 5.32 Å². The van der Waals surface area contributed by atoms with Crippen molar-refractivity contribution in [2.75, 3.05) is 6.61 Å². The third-order valence-corrected chi connectivity index (χ3v) is 2.47. The Bertz CT molecular complexity index is 458. The maximum Gasteiger partial charge on any atom is 0.326 e. The summed E-state index contributed by atoms with van der Waals surface area (Å²) in [6.07, 6.45) is 1.58. The second-order valence-electron chi connectivity index (χ2n) is 3.73. The molecule has 0 bridgehead atoms. The van der Waals surface area contributed by atoms with E-state index >= 15 is 0 Å². The Morgan fingerprint density at radius 2 is 2.05 bits per heavy atom. The number of ether oxygens (including phenoxy) is 1. The van der Waals surface area contributed by atoms with Crippen LogP contribution in [0.1, 0.15) is 6.42 Å². The molecule has 1 aromatic rings. The van der Waals surface area contributed by atoms with Crippen LogP contribution in [-0.4, -0.2) is 29.6 Å². The highest BCUT2D eigenvalue weighted by atomic mass is 35.5. The summed E-state index contributed by atoms with van der Waals surface area (Å²) in [4.78, 5) is 22.3. The number of carbonyl (C=O) groups excluding carboxylic acids is 1. The highest BCUT2D eigenvalue weighted by Crippen LogP contribution is 2.15. The van der Waals surface area contributed by atoms with E-state index in [0.29, 0.717) is 10.8 Å². The number of benzene rings is 1. The molecule has 1 amide bonds. The van der Waals surface area contributed by atoms with E-state index in [9.17, 15) is 9.59 Å². The monoisotopic (exact) mass is 283 g/mol. The molecule has 19 heavy (non-hydrogen) atoms. The first-order valence-electron chi connectivity index (χ1n) is 5.54. The number of carboxylic acid groups (broad SMARTS) is 1. The zero-order chi connectivity index (χ0) is 14.3. The van der Waals surface area contributed by atoms with Crippen LogP contribution in [0.25, 0.3) is 0 Å². The maximum absolute atomic E-state index is 11.5. The first kappa shape index (κ1) is 15.0. The quantitative estimate of drug-likeness (QED) is 0.749. The summed E-state index contributed by atoms with van der Waals surface area (Å²) in [5.74, 6) is -1.14. The average molecular weight is 284 g/mol. The lowest BCUT2D eigenvalue weighted by atomic mass is 10.2. The largest absolute Gasteiger partial charge is 0.484 e. The van der Waals surface area contributed by atoms with E-state index < -0.39 is 17.9 Å². The molecule has 1 aromatic carbocycles. The fourth-order valence-electron chi connectivity index (χ4n) is 1.30. The lowest BCUT2D eigenvalue weighted by Crippen LogP contribution is -2.42. The summed E-state index contributed by atoms with van der Waals surface area (Å²) in [5.41, 5.74) is 0. The van der Waals surface area contributed by atoms with Gasteiger partial charge in [0, 0.05) is 5.02 Å². The van der Waals surface area contributed by atoms with Gasteiger partial charge in [-0.1, -0.05) is 17.7 Å². The summed E-state index contributed by atoms with van der Waals surface area (Å²) in [6, 6.07) is 5.51. The number of carbonyl (C=O) groups is 2. The number of nitrogens with one attached hydrogen (secondary N) is 1. The van der Waals surface area contributed by atoms with Crippen LogP contribution in [0.3, 0.4) is 0 Å². The Hall–Kier alpha value is -2.01. The van der Waals surface area contributed by atoms with Gasteiger partial charge in [0.05, 0.1) is 0 Å². The Balaban J connectivity index is 2.44. The predicted octanol–water partition coefficient (Wildman–Crippen LogP) is 1.86. The lowest BCUT2D eigenvalue weighted by Gasteiger charge is -2.13. The standard InChI is InChI=1S/C13H14ClNO4/c1-2-3-11(13(17)18)15-12(16)8-19-10-6-4-9(14)5-7-10/h2,4-7,11H,1,3,8H2,(H,15,16)(H,17,18). The summed E-state index contributed by atoms with van der Waals surface area (Å²) >= 11 is 5.70. The Morgan fingerprint density at radius 3 is 2.58 bits per heavy atom. The van der Waals surface area contributed by atoms with E-state index in [1.165, 1.54) is 6.08 Å². The van der Waals surface area contributed by atoms with E-state index in [4.69, 9.17) is 21.4 Å². The molecule has 2 N–H and O–H groups in total. The molecule has 1 rings (SSSR count). The van der Waals surface area contributed by atoms with Crippen molar-refractivity contribution in [2.24, 2.45) is 0 Å². The number of hydrogen-bond donors (Lipinski definition) is 2. The zero-order valence-electron chi connectivity index (χ0n) is 10.1. The van der Waals surface area contributed by atoms with Gasteiger partial charge in [0.15, 0.2) is 6.61 Å². The molecule has 0 saturated carbocycles. The van der Waals surface area contributed by atoms with Crippen LogP contribution >= 0.6 is 11.6 Å². The number of aliphatic carboxylic acids is 1. The molecule has 0 aromatic heterocycles. The van der Waals surface area contributed by atoms with Crippen molar-refractivity contribution in [3.8, 4) is 5.75 Å². The van der Waals surface area contributed by atoms with Gasteiger partial charge in [-0.2, -0.15) is 0 Å². The fourth-order valence-corrected chi connectivity index (χ4v) is 1.43. The van der Waals surface area contributed by atoms with Crippen molar-refractivity contribution in [2.45, 2.75) is 12.5 Å². The van der Waals surface area contributed by atoms with Gasteiger partial charge in [0.25, 0.3) is 5.91 Å². The van der Waals surface area contributed by atoms with Crippen LogP contribution < -0.4 is 10.1 Å². The predicted molar refractivity (Wildman–Crippen MR) is 71.3 cm³/mol. The second kappa shape index (κ2) is 7.43. The average Bonchev–Trinajstić information content (AvgIpc) is 2.37. The van der Waals surface area contributed by atoms with Crippen molar-refractivity contribution in [3.63, 3.8) is 0 Å². The molecular weight excluding hydrogens is 270 g/mol. The molecule has 0 saturated heterocycles. The molecule has 1 unspecified atom stereocenters. The molecule has 1 atom stereocenters. The number of carboxylic acids is 1. The van der Waals surface area contributed by atoms with Gasteiger partial charge in [-0.3, -0.25) is 4.79 Å². The molecule has 0 aliphatic rings. The fraction of sp³-hybridized carbons (Fsp3) is 0.231. The van der Waals surface area contributed by atoms with Crippen molar-refractivity contribution >= 4 is 23.5 Å². The van der Waals surface area contributed by atoms with Crippen LogP contribution in [0.5, 0.6) is 5.75 Å². The topological polar surface area (TPSA) is 75.6 Å². The molecule has 0 heterocycles. The van der Waals surface area contributed by atoms with Gasteiger partial charge in [-0.15, -0.1) is 6.58 Å². The van der Waals surface area contributed by atoms with E-state index in [1.54, 1.807) is 24.3 Å². The molecule has 0 spiro atoms. The third kappa shape index (κ3) is 5.44. The summed E-state index contributed by atoms with van der Waals surface area (Å²) in [7, 11) is 0. The molecule has 102 valence electrons. The summed E-state index contributed by atoms with van der Waals surface area (Å²) in [5, 5.41) is 11.8. The smallest absolute Gasteiger partial charge is 0.326 e. The first-order valence-corrected chi connectivity index (χ1v) is 5.92. The van der Waals surface area contributed by atoms with Crippen LogP contribution in [0, 0.1) is 0 Å². The van der Waals surface area contributed by atoms with Crippen molar-refractivity contribution in [3.05, 3.63) is 41.9 Å².